The molecule has 0 bridgehead atoms. The van der Waals surface area contributed by atoms with Gasteiger partial charge in [-0.3, -0.25) is 4.90 Å². The van der Waals surface area contributed by atoms with Gasteiger partial charge in [-0.25, -0.2) is 4.79 Å². The maximum atomic E-state index is 13.3. The quantitative estimate of drug-likeness (QED) is 0.558. The van der Waals surface area contributed by atoms with Gasteiger partial charge in [-0.1, -0.05) is 48.0 Å². The maximum absolute atomic E-state index is 13.3. The maximum Gasteiger partial charge on any atom is 0.322 e. The van der Waals surface area contributed by atoms with Crippen LogP contribution in [-0.2, 0) is 4.74 Å². The van der Waals surface area contributed by atoms with E-state index in [0.717, 1.165) is 50.5 Å². The van der Waals surface area contributed by atoms with Gasteiger partial charge in [0, 0.05) is 36.9 Å². The molecule has 1 N–H and O–H groups in total. The highest BCUT2D eigenvalue weighted by molar-refractivity contribution is 6.30. The van der Waals surface area contributed by atoms with Gasteiger partial charge < -0.3 is 15.0 Å². The predicted molar refractivity (Wildman–Crippen MR) is 123 cm³/mol. The number of hydrogen-bond acceptors (Lipinski definition) is 3. The number of carbonyl (C=O) groups is 1. The Morgan fingerprint density at radius 1 is 1.20 bits per heavy atom. The Balaban J connectivity index is 1.76. The molecule has 0 spiro atoms. The van der Waals surface area contributed by atoms with E-state index >= 15 is 0 Å². The molecule has 1 unspecified atom stereocenters. The molecule has 2 amide bonds. The summed E-state index contributed by atoms with van der Waals surface area (Å²) >= 11 is 6.25. The van der Waals surface area contributed by atoms with Crippen LogP contribution in [0.2, 0.25) is 5.02 Å². The number of nitrogens with zero attached hydrogens (tertiary/aromatic N) is 2. The van der Waals surface area contributed by atoms with E-state index in [1.165, 1.54) is 0 Å². The lowest BCUT2D eigenvalue weighted by molar-refractivity contribution is 0.0361. The highest BCUT2D eigenvalue weighted by Crippen LogP contribution is 2.28. The molecule has 1 aliphatic heterocycles. The van der Waals surface area contributed by atoms with Crippen LogP contribution >= 0.6 is 11.6 Å². The highest BCUT2D eigenvalue weighted by atomic mass is 35.5. The second-order valence-electron chi connectivity index (χ2n) is 7.39. The summed E-state index contributed by atoms with van der Waals surface area (Å²) in [6.45, 7) is 8.94. The van der Waals surface area contributed by atoms with E-state index < -0.39 is 0 Å². The van der Waals surface area contributed by atoms with E-state index in [9.17, 15) is 4.79 Å². The molecule has 2 aromatic carbocycles. The lowest BCUT2D eigenvalue weighted by Crippen LogP contribution is -2.41. The monoisotopic (exact) mass is 427 g/mol. The summed E-state index contributed by atoms with van der Waals surface area (Å²) in [6, 6.07) is 17.0. The number of morpholine rings is 1. The number of anilines is 1. The fourth-order valence-corrected chi connectivity index (χ4v) is 3.92. The van der Waals surface area contributed by atoms with Crippen LogP contribution in [0.1, 0.15) is 24.4 Å². The zero-order valence-electron chi connectivity index (χ0n) is 17.3. The zero-order valence-corrected chi connectivity index (χ0v) is 18.1. The molecule has 5 nitrogen and oxygen atoms in total. The summed E-state index contributed by atoms with van der Waals surface area (Å²) in [6.07, 6.45) is 3.40. The van der Waals surface area contributed by atoms with Crippen molar-refractivity contribution in [3.05, 3.63) is 77.8 Å². The van der Waals surface area contributed by atoms with E-state index in [-0.39, 0.29) is 12.1 Å². The summed E-state index contributed by atoms with van der Waals surface area (Å²) in [5.74, 6) is 0. The van der Waals surface area contributed by atoms with Crippen LogP contribution in [0.4, 0.5) is 10.5 Å². The smallest absolute Gasteiger partial charge is 0.322 e. The summed E-state index contributed by atoms with van der Waals surface area (Å²) in [5.41, 5.74) is 1.79. The number of nitrogens with one attached hydrogen (secondary N) is 1. The highest BCUT2D eigenvalue weighted by Gasteiger charge is 2.25. The molecule has 3 rings (SSSR count). The number of amides is 2. The fourth-order valence-electron chi connectivity index (χ4n) is 3.72. The molecule has 30 heavy (non-hydrogen) atoms. The molecular formula is C24H30ClN3O2. The lowest BCUT2D eigenvalue weighted by Gasteiger charge is -2.33. The molecule has 6 heteroatoms. The second kappa shape index (κ2) is 11.7. The van der Waals surface area contributed by atoms with E-state index in [0.29, 0.717) is 18.0 Å². The fraction of sp³-hybridized carbons (Fsp3) is 0.375. The van der Waals surface area contributed by atoms with Crippen molar-refractivity contribution in [3.63, 3.8) is 0 Å². The van der Waals surface area contributed by atoms with Crippen molar-refractivity contribution in [1.82, 2.24) is 9.80 Å². The third kappa shape index (κ3) is 6.59. The number of hydrogen-bond donors (Lipinski definition) is 1. The molecule has 0 radical (unpaired) electrons. The van der Waals surface area contributed by atoms with E-state index in [1.54, 1.807) is 0 Å². The van der Waals surface area contributed by atoms with Gasteiger partial charge in [0.25, 0.3) is 0 Å². The van der Waals surface area contributed by atoms with Crippen molar-refractivity contribution in [1.29, 1.82) is 0 Å². The minimum absolute atomic E-state index is 0.116. The molecule has 1 heterocycles. The molecule has 160 valence electrons. The average Bonchev–Trinajstić information content (AvgIpc) is 2.77. The first-order valence-electron chi connectivity index (χ1n) is 10.5. The minimum Gasteiger partial charge on any atom is -0.379 e. The number of urea groups is 1. The SMILES string of the molecule is C=CCC(c1cccc(Cl)c1)N(CCCN1CCOCC1)C(=O)Nc1ccccc1. The van der Waals surface area contributed by atoms with Crippen molar-refractivity contribution >= 4 is 23.3 Å². The van der Waals surface area contributed by atoms with E-state index in [4.69, 9.17) is 16.3 Å². The van der Waals surface area contributed by atoms with Crippen molar-refractivity contribution in [3.8, 4) is 0 Å². The number of para-hydroxylation sites is 1. The topological polar surface area (TPSA) is 44.8 Å². The third-order valence-electron chi connectivity index (χ3n) is 5.26. The van der Waals surface area contributed by atoms with Crippen LogP contribution in [0, 0.1) is 0 Å². The lowest BCUT2D eigenvalue weighted by atomic mass is 10.0. The van der Waals surface area contributed by atoms with Crippen LogP contribution in [0.15, 0.2) is 67.3 Å². The van der Waals surface area contributed by atoms with Gasteiger partial charge in [0.15, 0.2) is 0 Å². The molecule has 0 aromatic heterocycles. The molecule has 1 fully saturated rings. The van der Waals surface area contributed by atoms with Crippen LogP contribution in [0.5, 0.6) is 0 Å². The van der Waals surface area contributed by atoms with Crippen molar-refractivity contribution < 1.29 is 9.53 Å². The van der Waals surface area contributed by atoms with Crippen molar-refractivity contribution in [2.75, 3.05) is 44.7 Å². The Morgan fingerprint density at radius 3 is 2.67 bits per heavy atom. The normalized spacial score (nSPS) is 15.4. The van der Waals surface area contributed by atoms with Gasteiger partial charge in [0.05, 0.1) is 19.3 Å². The molecule has 0 saturated carbocycles. The summed E-state index contributed by atoms with van der Waals surface area (Å²) in [5, 5.41) is 3.70. The summed E-state index contributed by atoms with van der Waals surface area (Å²) in [7, 11) is 0. The molecule has 1 aliphatic rings. The molecular weight excluding hydrogens is 398 g/mol. The molecule has 1 atom stereocenters. The number of rotatable bonds is 9. The van der Waals surface area contributed by atoms with Crippen LogP contribution in [0.3, 0.4) is 0 Å². The standard InChI is InChI=1S/C24H30ClN3O2/c1-2-8-23(20-9-6-10-21(25)19-20)28(14-7-13-27-15-17-30-18-16-27)24(29)26-22-11-4-3-5-12-22/h2-6,9-12,19,23H,1,7-8,13-18H2,(H,26,29). The minimum atomic E-state index is -0.130. The number of ether oxygens (including phenoxy) is 1. The van der Waals surface area contributed by atoms with Gasteiger partial charge >= 0.3 is 6.03 Å². The Hall–Kier alpha value is -2.34. The van der Waals surface area contributed by atoms with Gasteiger partial charge in [0.1, 0.15) is 0 Å². The Bertz CT molecular complexity index is 809. The molecule has 2 aromatic rings. The summed E-state index contributed by atoms with van der Waals surface area (Å²) < 4.78 is 5.43. The van der Waals surface area contributed by atoms with E-state index in [1.807, 2.05) is 65.6 Å². The van der Waals surface area contributed by atoms with Gasteiger partial charge in [-0.05, 0) is 42.7 Å². The number of carbonyl (C=O) groups excluding carboxylic acids is 1. The first-order valence-corrected chi connectivity index (χ1v) is 10.8. The Labute approximate surface area is 184 Å². The van der Waals surface area contributed by atoms with E-state index in [2.05, 4.69) is 16.8 Å². The Kier molecular flexibility index (Phi) is 8.75. The van der Waals surface area contributed by atoms with Crippen LogP contribution in [-0.4, -0.2) is 55.2 Å². The van der Waals surface area contributed by atoms with Crippen molar-refractivity contribution in [2.24, 2.45) is 0 Å². The zero-order chi connectivity index (χ0) is 21.2. The predicted octanol–water partition coefficient (Wildman–Crippen LogP) is 5.21. The van der Waals surface area contributed by atoms with Gasteiger partial charge in [0.2, 0.25) is 0 Å². The van der Waals surface area contributed by atoms with Crippen LogP contribution < -0.4 is 5.32 Å². The van der Waals surface area contributed by atoms with Crippen LogP contribution in [0.25, 0.3) is 0 Å². The largest absolute Gasteiger partial charge is 0.379 e. The third-order valence-corrected chi connectivity index (χ3v) is 5.50. The van der Waals surface area contributed by atoms with Gasteiger partial charge in [-0.2, -0.15) is 0 Å². The first-order chi connectivity index (χ1) is 14.7. The Morgan fingerprint density at radius 2 is 1.97 bits per heavy atom. The number of halogens is 1. The number of benzene rings is 2. The summed E-state index contributed by atoms with van der Waals surface area (Å²) in [4.78, 5) is 17.6. The average molecular weight is 428 g/mol. The molecule has 0 aliphatic carbocycles. The second-order valence-corrected chi connectivity index (χ2v) is 7.83. The van der Waals surface area contributed by atoms with Crippen molar-refractivity contribution in [2.45, 2.75) is 18.9 Å². The first kappa shape index (κ1) is 22.3. The van der Waals surface area contributed by atoms with Gasteiger partial charge in [-0.15, -0.1) is 6.58 Å². The molecule has 1 saturated heterocycles.